The second-order valence-corrected chi connectivity index (χ2v) is 6.34. The highest BCUT2D eigenvalue weighted by Crippen LogP contribution is 2.33. The summed E-state index contributed by atoms with van der Waals surface area (Å²) in [5.74, 6) is -1.35. The molecule has 2 N–H and O–H groups in total. The van der Waals surface area contributed by atoms with Gasteiger partial charge in [0.1, 0.15) is 0 Å². The summed E-state index contributed by atoms with van der Waals surface area (Å²) in [6, 6.07) is 8.68. The molecule has 2 aromatic carbocycles. The Morgan fingerprint density at radius 1 is 1.12 bits per heavy atom. The molecular weight excluding hydrogens is 389 g/mol. The van der Waals surface area contributed by atoms with Crippen LogP contribution in [0.2, 0.25) is 15.1 Å². The van der Waals surface area contributed by atoms with Gasteiger partial charge in [0.15, 0.2) is 5.75 Å². The Balaban J connectivity index is 2.31. The van der Waals surface area contributed by atoms with Crippen LogP contribution >= 0.6 is 34.8 Å². The standard InChI is InChI=1S/C17H14Cl3NO4/c1-25-15(22)8-14(10-4-2-3-5-11(10)18)21-17(24)9-6-12(19)16(23)13(20)7-9/h2-7,14,23H,8H2,1H3,(H,21,24). The van der Waals surface area contributed by atoms with Gasteiger partial charge in [0.25, 0.3) is 5.91 Å². The van der Waals surface area contributed by atoms with Gasteiger partial charge in [-0.3, -0.25) is 9.59 Å². The molecule has 0 radical (unpaired) electrons. The molecular formula is C17H14Cl3NO4. The van der Waals surface area contributed by atoms with Gasteiger partial charge >= 0.3 is 5.97 Å². The zero-order valence-electron chi connectivity index (χ0n) is 13.1. The van der Waals surface area contributed by atoms with E-state index in [-0.39, 0.29) is 27.8 Å². The van der Waals surface area contributed by atoms with Gasteiger partial charge < -0.3 is 15.2 Å². The number of nitrogens with one attached hydrogen (secondary N) is 1. The second-order valence-electron chi connectivity index (χ2n) is 5.12. The monoisotopic (exact) mass is 401 g/mol. The number of ether oxygens (including phenoxy) is 1. The molecule has 0 bridgehead atoms. The van der Waals surface area contributed by atoms with Crippen molar-refractivity contribution in [3.63, 3.8) is 0 Å². The molecule has 0 aliphatic carbocycles. The molecule has 0 aromatic heterocycles. The summed E-state index contributed by atoms with van der Waals surface area (Å²) in [6.45, 7) is 0. The van der Waals surface area contributed by atoms with Crippen LogP contribution in [0, 0.1) is 0 Å². The van der Waals surface area contributed by atoms with Crippen LogP contribution in [0.15, 0.2) is 36.4 Å². The summed E-state index contributed by atoms with van der Waals surface area (Å²) in [4.78, 5) is 24.2. The Labute approximate surface area is 159 Å². The van der Waals surface area contributed by atoms with Gasteiger partial charge in [0.2, 0.25) is 0 Å². The van der Waals surface area contributed by atoms with E-state index in [1.165, 1.54) is 19.2 Å². The summed E-state index contributed by atoms with van der Waals surface area (Å²) in [7, 11) is 1.26. The highest BCUT2D eigenvalue weighted by Gasteiger charge is 2.22. The molecule has 0 aliphatic rings. The van der Waals surface area contributed by atoms with Crippen molar-refractivity contribution in [2.45, 2.75) is 12.5 Å². The van der Waals surface area contributed by atoms with Crippen LogP contribution in [-0.4, -0.2) is 24.1 Å². The van der Waals surface area contributed by atoms with Crippen molar-refractivity contribution in [2.24, 2.45) is 0 Å². The summed E-state index contributed by atoms with van der Waals surface area (Å²) in [5.41, 5.74) is 0.702. The van der Waals surface area contributed by atoms with Crippen molar-refractivity contribution in [2.75, 3.05) is 7.11 Å². The summed E-state index contributed by atoms with van der Waals surface area (Å²) < 4.78 is 4.67. The van der Waals surface area contributed by atoms with Gasteiger partial charge in [-0.05, 0) is 23.8 Å². The molecule has 25 heavy (non-hydrogen) atoms. The van der Waals surface area contributed by atoms with Crippen LogP contribution < -0.4 is 5.32 Å². The number of hydrogen-bond donors (Lipinski definition) is 2. The van der Waals surface area contributed by atoms with Crippen LogP contribution in [-0.2, 0) is 9.53 Å². The molecule has 132 valence electrons. The highest BCUT2D eigenvalue weighted by molar-refractivity contribution is 6.37. The molecule has 0 spiro atoms. The van der Waals surface area contributed by atoms with Gasteiger partial charge in [0, 0.05) is 10.6 Å². The number of carbonyl (C=O) groups is 2. The zero-order chi connectivity index (χ0) is 18.6. The Morgan fingerprint density at radius 2 is 1.72 bits per heavy atom. The van der Waals surface area contributed by atoms with Gasteiger partial charge in [0.05, 0.1) is 29.6 Å². The van der Waals surface area contributed by atoms with Crippen LogP contribution in [0.5, 0.6) is 5.75 Å². The maximum atomic E-state index is 12.5. The van der Waals surface area contributed by atoms with E-state index >= 15 is 0 Å². The first-order chi connectivity index (χ1) is 11.8. The van der Waals surface area contributed by atoms with Gasteiger partial charge in [-0.2, -0.15) is 0 Å². The topological polar surface area (TPSA) is 75.6 Å². The Morgan fingerprint density at radius 3 is 2.28 bits per heavy atom. The van der Waals surface area contributed by atoms with Crippen LogP contribution in [0.4, 0.5) is 0 Å². The van der Waals surface area contributed by atoms with Crippen molar-refractivity contribution in [3.05, 3.63) is 62.6 Å². The largest absolute Gasteiger partial charge is 0.505 e. The van der Waals surface area contributed by atoms with Crippen LogP contribution in [0.3, 0.4) is 0 Å². The van der Waals surface area contributed by atoms with Crippen molar-refractivity contribution >= 4 is 46.7 Å². The van der Waals surface area contributed by atoms with Crippen molar-refractivity contribution in [3.8, 4) is 5.75 Å². The first kappa shape index (κ1) is 19.4. The SMILES string of the molecule is COC(=O)CC(NC(=O)c1cc(Cl)c(O)c(Cl)c1)c1ccccc1Cl. The third-order valence-electron chi connectivity index (χ3n) is 3.46. The minimum Gasteiger partial charge on any atom is -0.505 e. The first-order valence-corrected chi connectivity index (χ1v) is 8.27. The van der Waals surface area contributed by atoms with E-state index in [1.54, 1.807) is 24.3 Å². The molecule has 0 saturated heterocycles. The van der Waals surface area contributed by atoms with Crippen LogP contribution in [0.25, 0.3) is 0 Å². The Bertz CT molecular complexity index is 787. The number of phenols is 1. The van der Waals surface area contributed by atoms with E-state index in [0.717, 1.165) is 0 Å². The van der Waals surface area contributed by atoms with Gasteiger partial charge in [-0.15, -0.1) is 0 Å². The molecule has 8 heteroatoms. The third-order valence-corrected chi connectivity index (χ3v) is 4.38. The maximum absolute atomic E-state index is 12.5. The smallest absolute Gasteiger partial charge is 0.307 e. The van der Waals surface area contributed by atoms with Crippen molar-refractivity contribution in [1.29, 1.82) is 0 Å². The van der Waals surface area contributed by atoms with E-state index in [0.29, 0.717) is 10.6 Å². The molecule has 5 nitrogen and oxygen atoms in total. The number of aromatic hydroxyl groups is 1. The Kier molecular flexibility index (Phi) is 6.53. The number of carbonyl (C=O) groups excluding carboxylic acids is 2. The number of methoxy groups -OCH3 is 1. The van der Waals surface area contributed by atoms with Gasteiger partial charge in [-0.1, -0.05) is 53.0 Å². The minimum atomic E-state index is -0.708. The fraction of sp³-hybridized carbons (Fsp3) is 0.176. The molecule has 0 heterocycles. The molecule has 2 aromatic rings. The molecule has 0 aliphatic heterocycles. The molecule has 0 fully saturated rings. The van der Waals surface area contributed by atoms with Gasteiger partial charge in [-0.25, -0.2) is 0 Å². The number of esters is 1. The average Bonchev–Trinajstić information content (AvgIpc) is 2.58. The number of benzene rings is 2. The summed E-state index contributed by atoms with van der Waals surface area (Å²) in [5, 5.41) is 12.6. The molecule has 1 atom stereocenters. The predicted molar refractivity (Wildman–Crippen MR) is 96.4 cm³/mol. The lowest BCUT2D eigenvalue weighted by Crippen LogP contribution is -2.30. The van der Waals surface area contributed by atoms with Crippen LogP contribution in [0.1, 0.15) is 28.4 Å². The highest BCUT2D eigenvalue weighted by atomic mass is 35.5. The maximum Gasteiger partial charge on any atom is 0.307 e. The van der Waals surface area contributed by atoms with Crippen molar-refractivity contribution in [1.82, 2.24) is 5.32 Å². The molecule has 2 rings (SSSR count). The average molecular weight is 403 g/mol. The molecule has 1 unspecified atom stereocenters. The summed E-state index contributed by atoms with van der Waals surface area (Å²) in [6.07, 6.45) is -0.106. The normalized spacial score (nSPS) is 11.7. The first-order valence-electron chi connectivity index (χ1n) is 7.13. The number of rotatable bonds is 5. The number of hydrogen-bond acceptors (Lipinski definition) is 4. The quantitative estimate of drug-likeness (QED) is 0.727. The van der Waals surface area contributed by atoms with E-state index in [2.05, 4.69) is 10.1 Å². The van der Waals surface area contributed by atoms with Crippen molar-refractivity contribution < 1.29 is 19.4 Å². The number of halogens is 3. The molecule has 0 saturated carbocycles. The molecule has 1 amide bonds. The van der Waals surface area contributed by atoms with E-state index in [1.807, 2.05) is 0 Å². The summed E-state index contributed by atoms with van der Waals surface area (Å²) >= 11 is 17.8. The fourth-order valence-corrected chi connectivity index (χ4v) is 2.94. The van der Waals surface area contributed by atoms with E-state index in [4.69, 9.17) is 34.8 Å². The van der Waals surface area contributed by atoms with E-state index < -0.39 is 17.9 Å². The predicted octanol–water partition coefficient (Wildman–Crippen LogP) is 4.39. The second kappa shape index (κ2) is 8.43. The fourth-order valence-electron chi connectivity index (χ4n) is 2.18. The Hall–Kier alpha value is -1.95. The lowest BCUT2D eigenvalue weighted by molar-refractivity contribution is -0.141. The number of phenolic OH excluding ortho intramolecular Hbond substituents is 1. The lowest BCUT2D eigenvalue weighted by atomic mass is 10.0. The number of amides is 1. The third kappa shape index (κ3) is 4.78. The zero-order valence-corrected chi connectivity index (χ0v) is 15.3. The van der Waals surface area contributed by atoms with E-state index in [9.17, 15) is 14.7 Å². The minimum absolute atomic E-state index is 0.0556. The lowest BCUT2D eigenvalue weighted by Gasteiger charge is -2.19.